The van der Waals surface area contributed by atoms with Crippen LogP contribution in [0, 0.1) is 6.92 Å². The summed E-state index contributed by atoms with van der Waals surface area (Å²) in [5, 5.41) is 5.94. The van der Waals surface area contributed by atoms with Crippen molar-refractivity contribution in [3.8, 4) is 11.5 Å². The van der Waals surface area contributed by atoms with E-state index >= 15 is 0 Å². The van der Waals surface area contributed by atoms with Crippen molar-refractivity contribution in [1.82, 2.24) is 24.6 Å². The summed E-state index contributed by atoms with van der Waals surface area (Å²) in [6.07, 6.45) is -0.327. The van der Waals surface area contributed by atoms with Gasteiger partial charge in [0, 0.05) is 24.5 Å². The molecule has 184 valence electrons. The zero-order valence-electron chi connectivity index (χ0n) is 21.1. The first kappa shape index (κ1) is 24.9. The fourth-order valence-electron chi connectivity index (χ4n) is 3.96. The minimum atomic E-state index is -1.16. The summed E-state index contributed by atoms with van der Waals surface area (Å²) in [5.74, 6) is 0.713. The molecule has 0 unspecified atom stereocenters. The van der Waals surface area contributed by atoms with E-state index in [0.29, 0.717) is 25.6 Å². The van der Waals surface area contributed by atoms with Crippen molar-refractivity contribution in [3.05, 3.63) is 33.6 Å². The predicted molar refractivity (Wildman–Crippen MR) is 139 cm³/mol. The van der Waals surface area contributed by atoms with Crippen molar-refractivity contribution in [2.75, 3.05) is 6.61 Å². The van der Waals surface area contributed by atoms with Gasteiger partial charge in [-0.1, -0.05) is 35.6 Å². The van der Waals surface area contributed by atoms with Gasteiger partial charge in [-0.05, 0) is 51.4 Å². The van der Waals surface area contributed by atoms with Crippen LogP contribution < -0.4 is 0 Å². The summed E-state index contributed by atoms with van der Waals surface area (Å²) < 4.78 is 14.4. The minimum absolute atomic E-state index is 0.327. The number of benzene rings is 1. The lowest BCUT2D eigenvalue weighted by atomic mass is 10.1. The Labute approximate surface area is 210 Å². The monoisotopic (exact) mass is 547 g/mol. The van der Waals surface area contributed by atoms with Crippen LogP contribution in [0.2, 0.25) is 25.7 Å². The number of fused-ring (bicyclic) bond motifs is 2. The van der Waals surface area contributed by atoms with Gasteiger partial charge < -0.3 is 14.5 Å². The van der Waals surface area contributed by atoms with Crippen LogP contribution >= 0.6 is 15.9 Å². The number of imidazole rings is 1. The standard InChI is InChI=1S/C24H34BrN5O3Si/c1-15-10-16(25)11-19-20(15)21(28-30(19)14-32-8-9-34(5,6)7)22-26-17-12-29(13-18(17)27-22)23(31)33-24(2,3)4/h10-11H,8-9,12-14H2,1-7H3,(H,26,27). The molecule has 2 aromatic heterocycles. The van der Waals surface area contributed by atoms with Crippen LogP contribution in [0.25, 0.3) is 22.4 Å². The van der Waals surface area contributed by atoms with Gasteiger partial charge in [0.05, 0.1) is 30.0 Å². The maximum absolute atomic E-state index is 12.5. The molecule has 0 saturated carbocycles. The molecule has 1 aliphatic heterocycles. The summed E-state index contributed by atoms with van der Waals surface area (Å²) in [6.45, 7) is 16.7. The number of ether oxygens (including phenoxy) is 2. The molecule has 3 heterocycles. The van der Waals surface area contributed by atoms with E-state index in [1.807, 2.05) is 25.5 Å². The van der Waals surface area contributed by atoms with Crippen LogP contribution in [-0.4, -0.2) is 51.0 Å². The third-order valence-corrected chi connectivity index (χ3v) is 7.82. The summed E-state index contributed by atoms with van der Waals surface area (Å²) in [4.78, 5) is 22.3. The molecule has 1 amide bonds. The van der Waals surface area contributed by atoms with E-state index in [1.54, 1.807) is 4.90 Å². The number of amides is 1. The third-order valence-electron chi connectivity index (χ3n) is 5.66. The second-order valence-corrected chi connectivity index (χ2v) is 17.7. The first-order chi connectivity index (χ1) is 15.8. The van der Waals surface area contributed by atoms with Gasteiger partial charge >= 0.3 is 6.09 Å². The van der Waals surface area contributed by atoms with E-state index in [-0.39, 0.29) is 6.09 Å². The van der Waals surface area contributed by atoms with Crippen molar-refractivity contribution in [2.45, 2.75) is 78.8 Å². The van der Waals surface area contributed by atoms with Crippen LogP contribution in [0.4, 0.5) is 4.79 Å². The molecule has 10 heteroatoms. The highest BCUT2D eigenvalue weighted by Crippen LogP contribution is 2.34. The normalized spacial score (nSPS) is 14.2. The molecular formula is C24H34BrN5O3Si. The number of hydrogen-bond acceptors (Lipinski definition) is 5. The number of aryl methyl sites for hydroxylation is 1. The van der Waals surface area contributed by atoms with Crippen molar-refractivity contribution in [1.29, 1.82) is 0 Å². The van der Waals surface area contributed by atoms with Crippen LogP contribution in [0.3, 0.4) is 0 Å². The number of carbonyl (C=O) groups is 1. The number of nitrogens with zero attached hydrogens (tertiary/aromatic N) is 4. The average Bonchev–Trinajstić information content (AvgIpc) is 3.34. The first-order valence-corrected chi connectivity index (χ1v) is 16.1. The Morgan fingerprint density at radius 3 is 2.62 bits per heavy atom. The van der Waals surface area contributed by atoms with Crippen LogP contribution in [0.15, 0.2) is 16.6 Å². The number of aromatic amines is 1. The lowest BCUT2D eigenvalue weighted by Crippen LogP contribution is -2.33. The highest BCUT2D eigenvalue weighted by molar-refractivity contribution is 9.10. The first-order valence-electron chi connectivity index (χ1n) is 11.6. The van der Waals surface area contributed by atoms with Gasteiger partial charge in [-0.3, -0.25) is 4.90 Å². The number of rotatable bonds is 6. The van der Waals surface area contributed by atoms with Crippen molar-refractivity contribution in [3.63, 3.8) is 0 Å². The van der Waals surface area contributed by atoms with Gasteiger partial charge in [-0.2, -0.15) is 5.10 Å². The largest absolute Gasteiger partial charge is 0.444 e. The zero-order valence-corrected chi connectivity index (χ0v) is 23.7. The number of H-pyrrole nitrogens is 1. The number of hydrogen-bond donors (Lipinski definition) is 1. The molecule has 0 atom stereocenters. The predicted octanol–water partition coefficient (Wildman–Crippen LogP) is 6.06. The quantitative estimate of drug-likeness (QED) is 0.299. The second-order valence-electron chi connectivity index (χ2n) is 11.2. The smallest absolute Gasteiger partial charge is 0.410 e. The number of nitrogens with one attached hydrogen (secondary N) is 1. The molecule has 34 heavy (non-hydrogen) atoms. The van der Waals surface area contributed by atoms with Gasteiger partial charge in [0.2, 0.25) is 0 Å². The number of aromatic nitrogens is 4. The molecule has 0 saturated heterocycles. The summed E-state index contributed by atoms with van der Waals surface area (Å²) in [5.41, 5.74) is 4.16. The highest BCUT2D eigenvalue weighted by Gasteiger charge is 2.31. The Morgan fingerprint density at radius 2 is 1.97 bits per heavy atom. The van der Waals surface area contributed by atoms with E-state index in [2.05, 4.69) is 59.6 Å². The lowest BCUT2D eigenvalue weighted by Gasteiger charge is -2.24. The van der Waals surface area contributed by atoms with Crippen molar-refractivity contribution >= 4 is 41.0 Å². The molecule has 8 nitrogen and oxygen atoms in total. The van der Waals surface area contributed by atoms with E-state index in [0.717, 1.165) is 50.7 Å². The molecule has 1 aromatic carbocycles. The Morgan fingerprint density at radius 1 is 1.24 bits per heavy atom. The van der Waals surface area contributed by atoms with Gasteiger partial charge in [0.1, 0.15) is 18.0 Å². The molecule has 0 aliphatic carbocycles. The second kappa shape index (κ2) is 9.12. The SMILES string of the molecule is Cc1cc(Br)cc2c1c(-c1nc3c([nH]1)CN(C(=O)OC(C)(C)C)C3)nn2COCC[Si](C)(C)C. The van der Waals surface area contributed by atoms with Crippen LogP contribution in [0.1, 0.15) is 37.7 Å². The minimum Gasteiger partial charge on any atom is -0.444 e. The molecule has 0 fully saturated rings. The number of carbonyl (C=O) groups excluding carboxylic acids is 1. The fraction of sp³-hybridized carbons (Fsp3) is 0.542. The Bertz CT molecular complexity index is 1200. The van der Waals surface area contributed by atoms with Gasteiger partial charge in [-0.15, -0.1) is 0 Å². The van der Waals surface area contributed by atoms with E-state index in [9.17, 15) is 4.79 Å². The molecule has 1 N–H and O–H groups in total. The molecular weight excluding hydrogens is 514 g/mol. The van der Waals surface area contributed by atoms with Crippen LogP contribution in [-0.2, 0) is 29.3 Å². The topological polar surface area (TPSA) is 85.3 Å². The Kier molecular flexibility index (Phi) is 6.69. The van der Waals surface area contributed by atoms with E-state index < -0.39 is 13.7 Å². The maximum Gasteiger partial charge on any atom is 0.410 e. The Hall–Kier alpha value is -2.17. The molecule has 0 radical (unpaired) electrons. The lowest BCUT2D eigenvalue weighted by molar-refractivity contribution is 0.0239. The number of halogens is 1. The van der Waals surface area contributed by atoms with Crippen LogP contribution in [0.5, 0.6) is 0 Å². The fourth-order valence-corrected chi connectivity index (χ4v) is 5.27. The van der Waals surface area contributed by atoms with Crippen molar-refractivity contribution < 1.29 is 14.3 Å². The van der Waals surface area contributed by atoms with Gasteiger partial charge in [0.15, 0.2) is 5.82 Å². The molecule has 1 aliphatic rings. The molecule has 0 bridgehead atoms. The maximum atomic E-state index is 12.5. The molecule has 4 rings (SSSR count). The summed E-state index contributed by atoms with van der Waals surface area (Å²) in [6, 6.07) is 5.27. The molecule has 0 spiro atoms. The van der Waals surface area contributed by atoms with Gasteiger partial charge in [0.25, 0.3) is 0 Å². The van der Waals surface area contributed by atoms with E-state index in [1.165, 1.54) is 0 Å². The van der Waals surface area contributed by atoms with E-state index in [4.69, 9.17) is 19.6 Å². The van der Waals surface area contributed by atoms with Crippen molar-refractivity contribution in [2.24, 2.45) is 0 Å². The summed E-state index contributed by atoms with van der Waals surface area (Å²) >= 11 is 3.62. The third kappa shape index (κ3) is 5.55. The highest BCUT2D eigenvalue weighted by atomic mass is 79.9. The molecule has 3 aromatic rings. The Balaban J connectivity index is 1.59. The van der Waals surface area contributed by atoms with Gasteiger partial charge in [-0.25, -0.2) is 14.5 Å². The zero-order chi connectivity index (χ0) is 24.8. The average molecular weight is 549 g/mol. The summed E-state index contributed by atoms with van der Waals surface area (Å²) in [7, 11) is -1.16.